The molecule has 4 rings (SSSR count). The van der Waals surface area contributed by atoms with Gasteiger partial charge in [0.05, 0.1) is 16.7 Å². The molecule has 0 saturated carbocycles. The first kappa shape index (κ1) is 19.9. The molecular formula is C25H29N3. The summed E-state index contributed by atoms with van der Waals surface area (Å²) < 4.78 is 0. The van der Waals surface area contributed by atoms with Crippen LogP contribution in [0.15, 0.2) is 67.1 Å². The monoisotopic (exact) mass is 371 g/mol. The number of aromatic nitrogens is 3. The maximum Gasteiger partial charge on any atom is 0.0890 e. The quantitative estimate of drug-likeness (QED) is 0.403. The fourth-order valence-electron chi connectivity index (χ4n) is 3.15. The van der Waals surface area contributed by atoms with E-state index < -0.39 is 0 Å². The van der Waals surface area contributed by atoms with E-state index in [1.54, 1.807) is 0 Å². The van der Waals surface area contributed by atoms with Crippen LogP contribution < -0.4 is 0 Å². The van der Waals surface area contributed by atoms with Crippen LogP contribution in [0.4, 0.5) is 0 Å². The Balaban J connectivity index is 0.000000162. The van der Waals surface area contributed by atoms with Crippen LogP contribution in [0, 0.1) is 0 Å². The average molecular weight is 372 g/mol. The summed E-state index contributed by atoms with van der Waals surface area (Å²) in [5.74, 6) is 0.442. The number of hydrogen-bond acceptors (Lipinski definition) is 3. The molecule has 2 aromatic carbocycles. The maximum absolute atomic E-state index is 4.51. The number of para-hydroxylation sites is 2. The number of benzene rings is 2. The van der Waals surface area contributed by atoms with Crippen molar-refractivity contribution in [3.8, 4) is 0 Å². The largest absolute Gasteiger partial charge is 0.264 e. The van der Waals surface area contributed by atoms with Gasteiger partial charge in [-0.15, -0.1) is 0 Å². The highest BCUT2D eigenvalue weighted by Gasteiger charge is 2.19. The number of fused-ring (bicyclic) bond motifs is 2. The highest BCUT2D eigenvalue weighted by Crippen LogP contribution is 2.32. The van der Waals surface area contributed by atoms with E-state index in [2.05, 4.69) is 73.8 Å². The summed E-state index contributed by atoms with van der Waals surface area (Å²) in [6.45, 7) is 11.1. The van der Waals surface area contributed by atoms with Gasteiger partial charge in [0.15, 0.2) is 0 Å². The molecule has 3 heteroatoms. The smallest absolute Gasteiger partial charge is 0.0890 e. The zero-order valence-corrected chi connectivity index (χ0v) is 17.5. The van der Waals surface area contributed by atoms with Crippen LogP contribution in [0.2, 0.25) is 0 Å². The summed E-state index contributed by atoms with van der Waals surface area (Å²) in [5, 5.41) is 2.57. The zero-order valence-electron chi connectivity index (χ0n) is 17.5. The van der Waals surface area contributed by atoms with Gasteiger partial charge in [-0.3, -0.25) is 9.97 Å². The second-order valence-electron chi connectivity index (χ2n) is 8.08. The van der Waals surface area contributed by atoms with Crippen molar-refractivity contribution in [3.63, 3.8) is 0 Å². The normalized spacial score (nSPS) is 11.5. The number of rotatable bonds is 3. The lowest BCUT2D eigenvalue weighted by molar-refractivity contribution is 0.510. The summed E-state index contributed by atoms with van der Waals surface area (Å²) >= 11 is 0. The first-order valence-corrected chi connectivity index (χ1v) is 9.97. The third-order valence-electron chi connectivity index (χ3n) is 5.35. The maximum atomic E-state index is 4.51. The minimum absolute atomic E-state index is 0.237. The third-order valence-corrected chi connectivity index (χ3v) is 5.35. The van der Waals surface area contributed by atoms with Gasteiger partial charge >= 0.3 is 0 Å². The Morgan fingerprint density at radius 2 is 1.64 bits per heavy atom. The van der Waals surface area contributed by atoms with Crippen LogP contribution in [-0.4, -0.2) is 15.0 Å². The van der Waals surface area contributed by atoms with E-state index in [4.69, 9.17) is 0 Å². The molecule has 0 unspecified atom stereocenters. The molecule has 0 atom stereocenters. The van der Waals surface area contributed by atoms with Crippen LogP contribution >= 0.6 is 0 Å². The SMILES string of the molecule is CC(C)c1cnc2ccccc2n1.CCC(C)(C)c1cccc2cnccc12. The molecule has 0 radical (unpaired) electrons. The lowest BCUT2D eigenvalue weighted by Crippen LogP contribution is -2.15. The van der Waals surface area contributed by atoms with E-state index >= 15 is 0 Å². The average Bonchev–Trinajstić information content (AvgIpc) is 2.73. The molecular weight excluding hydrogens is 342 g/mol. The Bertz CT molecular complexity index is 1060. The third kappa shape index (κ3) is 4.36. The molecule has 0 amide bonds. The predicted molar refractivity (Wildman–Crippen MR) is 119 cm³/mol. The Morgan fingerprint density at radius 1 is 0.893 bits per heavy atom. The van der Waals surface area contributed by atoms with Gasteiger partial charge < -0.3 is 0 Å². The summed E-state index contributed by atoms with van der Waals surface area (Å²) in [5.41, 5.74) is 4.66. The molecule has 0 aliphatic rings. The van der Waals surface area contributed by atoms with Crippen molar-refractivity contribution in [1.29, 1.82) is 0 Å². The molecule has 2 aromatic heterocycles. The van der Waals surface area contributed by atoms with Crippen molar-refractivity contribution in [1.82, 2.24) is 15.0 Å². The standard InChI is InChI=1S/C14H17N.C11H12N2/c1-4-14(2,3)13-7-5-6-11-10-15-9-8-12(11)13;1-8(2)11-7-12-9-5-3-4-6-10(9)13-11/h5-10H,4H2,1-3H3;3-8H,1-2H3. The van der Waals surface area contributed by atoms with E-state index in [-0.39, 0.29) is 5.41 Å². The second-order valence-corrected chi connectivity index (χ2v) is 8.08. The second kappa shape index (κ2) is 8.47. The Hall–Kier alpha value is -2.81. The van der Waals surface area contributed by atoms with Crippen LogP contribution in [0.25, 0.3) is 21.8 Å². The lowest BCUT2D eigenvalue weighted by Gasteiger charge is -2.24. The van der Waals surface area contributed by atoms with Crippen molar-refractivity contribution in [3.05, 3.63) is 78.4 Å². The molecule has 0 fully saturated rings. The van der Waals surface area contributed by atoms with Crippen molar-refractivity contribution >= 4 is 21.8 Å². The van der Waals surface area contributed by atoms with Gasteiger partial charge in [0.2, 0.25) is 0 Å². The highest BCUT2D eigenvalue weighted by molar-refractivity contribution is 5.85. The van der Waals surface area contributed by atoms with E-state index in [9.17, 15) is 0 Å². The minimum atomic E-state index is 0.237. The van der Waals surface area contributed by atoms with Crippen LogP contribution in [0.5, 0.6) is 0 Å². The molecule has 0 aliphatic carbocycles. The van der Waals surface area contributed by atoms with Gasteiger partial charge in [-0.2, -0.15) is 0 Å². The van der Waals surface area contributed by atoms with Crippen molar-refractivity contribution in [2.24, 2.45) is 0 Å². The number of nitrogens with zero attached hydrogens (tertiary/aromatic N) is 3. The predicted octanol–water partition coefficient (Wildman–Crippen LogP) is 6.68. The van der Waals surface area contributed by atoms with Crippen molar-refractivity contribution in [2.45, 2.75) is 52.4 Å². The van der Waals surface area contributed by atoms with Crippen molar-refractivity contribution < 1.29 is 0 Å². The van der Waals surface area contributed by atoms with Crippen LogP contribution in [-0.2, 0) is 5.41 Å². The Morgan fingerprint density at radius 3 is 2.36 bits per heavy atom. The Labute approximate surface area is 167 Å². The number of hydrogen-bond donors (Lipinski definition) is 0. The molecule has 0 N–H and O–H groups in total. The van der Waals surface area contributed by atoms with Gasteiger partial charge in [0.25, 0.3) is 0 Å². The Kier molecular flexibility index (Phi) is 6.03. The van der Waals surface area contributed by atoms with Gasteiger partial charge in [-0.25, -0.2) is 4.98 Å². The molecule has 0 spiro atoms. The summed E-state index contributed by atoms with van der Waals surface area (Å²) in [6.07, 6.45) is 6.81. The molecule has 28 heavy (non-hydrogen) atoms. The fraction of sp³-hybridized carbons (Fsp3) is 0.320. The van der Waals surface area contributed by atoms with E-state index in [0.717, 1.165) is 23.1 Å². The molecule has 0 bridgehead atoms. The minimum Gasteiger partial charge on any atom is -0.264 e. The van der Waals surface area contributed by atoms with Gasteiger partial charge in [0.1, 0.15) is 0 Å². The molecule has 0 aliphatic heterocycles. The highest BCUT2D eigenvalue weighted by atomic mass is 14.8. The van der Waals surface area contributed by atoms with E-state index in [1.807, 2.05) is 42.9 Å². The molecule has 0 saturated heterocycles. The summed E-state index contributed by atoms with van der Waals surface area (Å²) in [6, 6.07) is 16.5. The van der Waals surface area contributed by atoms with Gasteiger partial charge in [0, 0.05) is 24.0 Å². The zero-order chi connectivity index (χ0) is 20.1. The number of pyridine rings is 1. The fourth-order valence-corrected chi connectivity index (χ4v) is 3.15. The van der Waals surface area contributed by atoms with E-state index in [0.29, 0.717) is 5.92 Å². The van der Waals surface area contributed by atoms with Crippen LogP contribution in [0.1, 0.15) is 58.2 Å². The molecule has 3 nitrogen and oxygen atoms in total. The molecule has 144 valence electrons. The first-order chi connectivity index (χ1) is 13.4. The lowest BCUT2D eigenvalue weighted by atomic mass is 9.80. The summed E-state index contributed by atoms with van der Waals surface area (Å²) in [4.78, 5) is 13.0. The topological polar surface area (TPSA) is 38.7 Å². The van der Waals surface area contributed by atoms with Gasteiger partial charge in [-0.1, -0.05) is 65.0 Å². The molecule has 4 aromatic rings. The van der Waals surface area contributed by atoms with Crippen LogP contribution in [0.3, 0.4) is 0 Å². The van der Waals surface area contributed by atoms with Gasteiger partial charge in [-0.05, 0) is 46.9 Å². The van der Waals surface area contributed by atoms with Crippen molar-refractivity contribution in [2.75, 3.05) is 0 Å². The summed E-state index contributed by atoms with van der Waals surface area (Å²) in [7, 11) is 0. The molecule has 2 heterocycles. The van der Waals surface area contributed by atoms with E-state index in [1.165, 1.54) is 16.3 Å². The first-order valence-electron chi connectivity index (χ1n) is 9.97.